The Morgan fingerprint density at radius 1 is 1.18 bits per heavy atom. The Morgan fingerprint density at radius 3 is 2.71 bits per heavy atom. The van der Waals surface area contributed by atoms with Gasteiger partial charge in [-0.05, 0) is 42.8 Å². The first-order valence-electron chi connectivity index (χ1n) is 8.06. The summed E-state index contributed by atoms with van der Waals surface area (Å²) >= 11 is 7.11. The molecule has 3 heterocycles. The monoisotopic (exact) mass is 436 g/mol. The third kappa shape index (κ3) is 3.19. The van der Waals surface area contributed by atoms with Crippen molar-refractivity contribution in [1.82, 2.24) is 13.9 Å². The van der Waals surface area contributed by atoms with Crippen LogP contribution in [-0.2, 0) is 21.2 Å². The van der Waals surface area contributed by atoms with E-state index < -0.39 is 16.0 Å². The molecule has 0 spiro atoms. The van der Waals surface area contributed by atoms with Gasteiger partial charge in [-0.25, -0.2) is 22.4 Å². The number of fused-ring (bicyclic) bond motifs is 2. The van der Waals surface area contributed by atoms with Crippen molar-refractivity contribution >= 4 is 65.3 Å². The van der Waals surface area contributed by atoms with Crippen molar-refractivity contribution in [3.05, 3.63) is 47.2 Å². The molecule has 0 saturated heterocycles. The maximum atomic E-state index is 13.4. The molecule has 0 aliphatic heterocycles. The molecule has 3 N–H and O–H groups in total. The van der Waals surface area contributed by atoms with Crippen molar-refractivity contribution in [2.75, 3.05) is 5.73 Å². The van der Waals surface area contributed by atoms with E-state index in [1.807, 2.05) is 0 Å². The summed E-state index contributed by atoms with van der Waals surface area (Å²) in [5, 5.41) is 9.57. The quantitative estimate of drug-likeness (QED) is 0.460. The van der Waals surface area contributed by atoms with Crippen molar-refractivity contribution < 1.29 is 18.3 Å². The molecule has 28 heavy (non-hydrogen) atoms. The van der Waals surface area contributed by atoms with Crippen LogP contribution in [0.15, 0.2) is 41.3 Å². The summed E-state index contributed by atoms with van der Waals surface area (Å²) in [5.74, 6) is -1.03. The van der Waals surface area contributed by atoms with Gasteiger partial charge in [-0.1, -0.05) is 22.9 Å². The van der Waals surface area contributed by atoms with E-state index in [4.69, 9.17) is 22.4 Å². The minimum atomic E-state index is -4.02. The lowest BCUT2D eigenvalue weighted by Crippen LogP contribution is -2.16. The Bertz CT molecular complexity index is 1340. The van der Waals surface area contributed by atoms with Crippen molar-refractivity contribution in [2.45, 2.75) is 17.7 Å². The second-order valence-corrected chi connectivity index (χ2v) is 9.25. The molecule has 0 radical (unpaired) electrons. The third-order valence-corrected chi connectivity index (χ3v) is 6.98. The molecule has 0 unspecified atom stereocenters. The van der Waals surface area contributed by atoms with Gasteiger partial charge in [0.1, 0.15) is 5.15 Å². The Morgan fingerprint density at radius 2 is 1.96 bits per heavy atom. The second kappa shape index (κ2) is 6.73. The van der Waals surface area contributed by atoms with Crippen LogP contribution in [0.25, 0.3) is 21.3 Å². The molecule has 0 aliphatic carbocycles. The molecule has 144 valence electrons. The van der Waals surface area contributed by atoms with Gasteiger partial charge in [0.2, 0.25) is 0 Å². The molecular weight excluding hydrogens is 424 g/mol. The van der Waals surface area contributed by atoms with Crippen molar-refractivity contribution in [3.63, 3.8) is 0 Å². The maximum Gasteiger partial charge on any atom is 0.303 e. The fraction of sp³-hybridized carbons (Fsp3) is 0.118. The molecule has 4 aromatic rings. The largest absolute Gasteiger partial charge is 0.481 e. The van der Waals surface area contributed by atoms with Crippen LogP contribution in [0.1, 0.15) is 12.1 Å². The highest BCUT2D eigenvalue weighted by Gasteiger charge is 2.24. The minimum absolute atomic E-state index is 0.0261. The van der Waals surface area contributed by atoms with E-state index in [2.05, 4.69) is 9.97 Å². The zero-order valence-electron chi connectivity index (χ0n) is 14.2. The average Bonchev–Trinajstić information content (AvgIpc) is 3.17. The number of hydrogen-bond donors (Lipinski definition) is 2. The van der Waals surface area contributed by atoms with Crippen LogP contribution in [0.3, 0.4) is 0 Å². The van der Waals surface area contributed by atoms with Crippen LogP contribution in [0.5, 0.6) is 0 Å². The second-order valence-electron chi connectivity index (χ2n) is 6.02. The smallest absolute Gasteiger partial charge is 0.303 e. The summed E-state index contributed by atoms with van der Waals surface area (Å²) < 4.78 is 28.6. The summed E-state index contributed by atoms with van der Waals surface area (Å²) in [6.07, 6.45) is -0.192. The highest BCUT2D eigenvalue weighted by atomic mass is 35.5. The Balaban J connectivity index is 1.93. The number of rotatable bonds is 5. The van der Waals surface area contributed by atoms with Crippen LogP contribution in [0, 0.1) is 0 Å². The summed E-state index contributed by atoms with van der Waals surface area (Å²) in [6, 6.07) is 9.14. The SMILES string of the molecule is Nc1nc2ccc(S(=O)(=O)n3c(CCC(=O)O)cc4nc(Cl)ccc43)cc2s1. The molecule has 0 bridgehead atoms. The number of thiazole rings is 1. The standard InChI is InChI=1S/C17H13ClN4O4S2/c18-15-5-4-13-12(20-15)7-9(1-6-16(23)24)22(13)28(25,26)10-2-3-11-14(8-10)27-17(19)21-11/h2-5,7-8H,1,6H2,(H2,19,21)(H,23,24). The number of aromatic nitrogens is 3. The van der Waals surface area contributed by atoms with Gasteiger partial charge in [0.05, 0.1) is 32.6 Å². The van der Waals surface area contributed by atoms with E-state index in [-0.39, 0.29) is 22.9 Å². The molecule has 4 rings (SSSR count). The predicted molar refractivity (Wildman–Crippen MR) is 107 cm³/mol. The van der Waals surface area contributed by atoms with Crippen LogP contribution >= 0.6 is 22.9 Å². The number of pyridine rings is 1. The van der Waals surface area contributed by atoms with E-state index in [1.54, 1.807) is 18.2 Å². The number of halogens is 1. The normalized spacial score (nSPS) is 12.0. The molecule has 11 heteroatoms. The fourth-order valence-corrected chi connectivity index (χ4v) is 5.56. The van der Waals surface area contributed by atoms with E-state index in [0.717, 1.165) is 3.97 Å². The number of anilines is 1. The number of carbonyl (C=O) groups is 1. The van der Waals surface area contributed by atoms with Gasteiger partial charge in [-0.15, -0.1) is 0 Å². The average molecular weight is 437 g/mol. The lowest BCUT2D eigenvalue weighted by molar-refractivity contribution is -0.136. The maximum absolute atomic E-state index is 13.4. The van der Waals surface area contributed by atoms with Gasteiger partial charge in [-0.3, -0.25) is 4.79 Å². The summed E-state index contributed by atoms with van der Waals surface area (Å²) in [5.41, 5.74) is 7.33. The van der Waals surface area contributed by atoms with E-state index in [1.165, 1.54) is 29.5 Å². The Labute approximate surface area is 168 Å². The van der Waals surface area contributed by atoms with Gasteiger partial charge in [0.25, 0.3) is 10.0 Å². The first-order chi connectivity index (χ1) is 13.3. The number of carboxylic acids is 1. The molecule has 0 atom stereocenters. The molecule has 0 amide bonds. The van der Waals surface area contributed by atoms with Gasteiger partial charge >= 0.3 is 5.97 Å². The lowest BCUT2D eigenvalue weighted by atomic mass is 10.2. The van der Waals surface area contributed by atoms with E-state index in [0.29, 0.717) is 32.1 Å². The topological polar surface area (TPSA) is 128 Å². The van der Waals surface area contributed by atoms with E-state index in [9.17, 15) is 13.2 Å². The Hall–Kier alpha value is -2.69. The predicted octanol–water partition coefficient (Wildman–Crippen LogP) is 3.14. The van der Waals surface area contributed by atoms with Gasteiger partial charge in [-0.2, -0.15) is 0 Å². The zero-order valence-corrected chi connectivity index (χ0v) is 16.6. The van der Waals surface area contributed by atoms with Gasteiger partial charge in [0, 0.05) is 5.69 Å². The molecular formula is C17H13ClN4O4S2. The number of nitrogens with zero attached hydrogens (tertiary/aromatic N) is 3. The Kier molecular flexibility index (Phi) is 4.48. The summed E-state index contributed by atoms with van der Waals surface area (Å²) in [4.78, 5) is 19.3. The first-order valence-corrected chi connectivity index (χ1v) is 10.7. The van der Waals surface area contributed by atoms with Crippen molar-refractivity contribution in [1.29, 1.82) is 0 Å². The van der Waals surface area contributed by atoms with Crippen LogP contribution in [0.4, 0.5) is 5.13 Å². The fourth-order valence-electron chi connectivity index (χ4n) is 2.97. The van der Waals surface area contributed by atoms with Gasteiger partial charge < -0.3 is 10.8 Å². The van der Waals surface area contributed by atoms with Crippen molar-refractivity contribution in [3.8, 4) is 0 Å². The van der Waals surface area contributed by atoms with Gasteiger partial charge in [0.15, 0.2) is 5.13 Å². The number of carboxylic acid groups (broad SMARTS) is 1. The third-order valence-electron chi connectivity index (χ3n) is 4.16. The summed E-state index contributed by atoms with van der Waals surface area (Å²) in [7, 11) is -4.02. The molecule has 0 fully saturated rings. The van der Waals surface area contributed by atoms with Crippen LogP contribution in [0.2, 0.25) is 5.15 Å². The number of nitrogen functional groups attached to an aromatic ring is 1. The highest BCUT2D eigenvalue weighted by molar-refractivity contribution is 7.90. The zero-order chi connectivity index (χ0) is 20.1. The number of aliphatic carboxylic acids is 1. The lowest BCUT2D eigenvalue weighted by Gasteiger charge is -2.11. The molecule has 3 aromatic heterocycles. The van der Waals surface area contributed by atoms with Crippen LogP contribution in [-0.4, -0.2) is 33.4 Å². The van der Waals surface area contributed by atoms with Crippen molar-refractivity contribution in [2.24, 2.45) is 0 Å². The minimum Gasteiger partial charge on any atom is -0.481 e. The number of aryl methyl sites for hydroxylation is 1. The molecule has 0 saturated carbocycles. The molecule has 8 nitrogen and oxygen atoms in total. The molecule has 0 aliphatic rings. The summed E-state index contributed by atoms with van der Waals surface area (Å²) in [6.45, 7) is 0. The number of hydrogen-bond acceptors (Lipinski definition) is 7. The number of nitrogens with two attached hydrogens (primary N) is 1. The number of benzene rings is 1. The first kappa shape index (κ1) is 18.7. The van der Waals surface area contributed by atoms with E-state index >= 15 is 0 Å². The highest BCUT2D eigenvalue weighted by Crippen LogP contribution is 2.30. The molecule has 1 aromatic carbocycles. The van der Waals surface area contributed by atoms with Crippen LogP contribution < -0.4 is 5.73 Å².